The first-order valence-corrected chi connectivity index (χ1v) is 6.39. The fourth-order valence-corrected chi connectivity index (χ4v) is 1.69. The lowest BCUT2D eigenvalue weighted by Gasteiger charge is -2.19. The molecule has 0 fully saturated rings. The number of carbonyl (C=O) groups is 3. The largest absolute Gasteiger partial charge is 0.354 e. The van der Waals surface area contributed by atoms with Crippen molar-refractivity contribution in [2.75, 3.05) is 0 Å². The summed E-state index contributed by atoms with van der Waals surface area (Å²) < 4.78 is 0. The summed E-state index contributed by atoms with van der Waals surface area (Å²) in [7, 11) is 0. The molecule has 0 heterocycles. The lowest BCUT2D eigenvalue weighted by Crippen LogP contribution is -2.38. The highest BCUT2D eigenvalue weighted by atomic mass is 16.2. The van der Waals surface area contributed by atoms with E-state index in [4.69, 9.17) is 0 Å². The maximum Gasteiger partial charge on any atom is 0.229 e. The van der Waals surface area contributed by atoms with Gasteiger partial charge in [0.2, 0.25) is 17.7 Å². The first-order valence-electron chi connectivity index (χ1n) is 6.39. The predicted octanol–water partition coefficient (Wildman–Crippen LogP) is 1.23. The molecule has 0 rings (SSSR count). The minimum Gasteiger partial charge on any atom is -0.354 e. The molecule has 0 saturated carbocycles. The van der Waals surface area contributed by atoms with Gasteiger partial charge in [0.25, 0.3) is 0 Å². The molecule has 0 aromatic heterocycles. The summed E-state index contributed by atoms with van der Waals surface area (Å²) in [5.74, 6) is -1.27. The second-order valence-corrected chi connectivity index (χ2v) is 4.95. The van der Waals surface area contributed by atoms with E-state index >= 15 is 0 Å². The van der Waals surface area contributed by atoms with Crippen LogP contribution in [-0.4, -0.2) is 23.8 Å². The summed E-state index contributed by atoms with van der Waals surface area (Å²) >= 11 is 0. The third-order valence-electron chi connectivity index (χ3n) is 2.68. The molecular weight excluding hydrogens is 232 g/mol. The van der Waals surface area contributed by atoms with Gasteiger partial charge in [0.15, 0.2) is 0 Å². The van der Waals surface area contributed by atoms with E-state index in [1.165, 1.54) is 6.92 Å². The van der Waals surface area contributed by atoms with Gasteiger partial charge in [0, 0.05) is 24.8 Å². The molecule has 3 amide bonds. The molecule has 5 heteroatoms. The molecule has 0 aromatic rings. The minimum absolute atomic E-state index is 0.0324. The van der Waals surface area contributed by atoms with Crippen molar-refractivity contribution < 1.29 is 14.4 Å². The van der Waals surface area contributed by atoms with Crippen LogP contribution in [-0.2, 0) is 14.4 Å². The predicted molar refractivity (Wildman–Crippen MR) is 69.7 cm³/mol. The number of imide groups is 1. The van der Waals surface area contributed by atoms with Crippen molar-refractivity contribution in [3.05, 3.63) is 0 Å². The Hall–Kier alpha value is -1.39. The van der Waals surface area contributed by atoms with E-state index in [-0.39, 0.29) is 35.6 Å². The maximum absolute atomic E-state index is 11.9. The van der Waals surface area contributed by atoms with Crippen LogP contribution in [0, 0.1) is 11.8 Å². The van der Waals surface area contributed by atoms with E-state index in [1.54, 1.807) is 6.92 Å². The van der Waals surface area contributed by atoms with E-state index in [0.29, 0.717) is 12.8 Å². The molecule has 0 bridgehead atoms. The molecule has 18 heavy (non-hydrogen) atoms. The van der Waals surface area contributed by atoms with Crippen molar-refractivity contribution in [2.24, 2.45) is 11.8 Å². The highest BCUT2D eigenvalue weighted by Gasteiger charge is 2.23. The topological polar surface area (TPSA) is 75.3 Å². The third-order valence-corrected chi connectivity index (χ3v) is 2.68. The Kier molecular flexibility index (Phi) is 7.24. The van der Waals surface area contributed by atoms with Crippen molar-refractivity contribution in [2.45, 2.75) is 53.5 Å². The normalized spacial score (nSPS) is 13.9. The van der Waals surface area contributed by atoms with Crippen LogP contribution >= 0.6 is 0 Å². The van der Waals surface area contributed by atoms with Gasteiger partial charge in [-0.2, -0.15) is 0 Å². The molecule has 104 valence electrons. The number of hydrogen-bond acceptors (Lipinski definition) is 3. The van der Waals surface area contributed by atoms with Crippen molar-refractivity contribution in [1.29, 1.82) is 0 Å². The Labute approximate surface area is 109 Å². The van der Waals surface area contributed by atoms with Gasteiger partial charge in [-0.1, -0.05) is 13.8 Å². The Morgan fingerprint density at radius 1 is 1.06 bits per heavy atom. The number of rotatable bonds is 6. The Morgan fingerprint density at radius 3 is 2.00 bits per heavy atom. The highest BCUT2D eigenvalue weighted by Crippen LogP contribution is 2.16. The average Bonchev–Trinajstić information content (AvgIpc) is 2.23. The minimum atomic E-state index is -0.369. The molecule has 5 nitrogen and oxygen atoms in total. The standard InChI is InChI=1S/C13H24N2O3/c1-6-11(13(18)14-8(2)3)7-9(4)12(17)15-10(5)16/h8-9,11H,6-7H2,1-5H3,(H,14,18)(H,15,16,17). The van der Waals surface area contributed by atoms with Crippen LogP contribution in [0.2, 0.25) is 0 Å². The molecule has 2 N–H and O–H groups in total. The zero-order valence-corrected chi connectivity index (χ0v) is 11.9. The second kappa shape index (κ2) is 7.84. The molecule has 0 aliphatic rings. The Bertz CT molecular complexity index is 313. The van der Waals surface area contributed by atoms with Crippen molar-refractivity contribution in [3.63, 3.8) is 0 Å². The fraction of sp³-hybridized carbons (Fsp3) is 0.769. The van der Waals surface area contributed by atoms with Crippen LogP contribution in [0.3, 0.4) is 0 Å². The lowest BCUT2D eigenvalue weighted by atomic mass is 9.92. The van der Waals surface area contributed by atoms with E-state index in [1.807, 2.05) is 20.8 Å². The van der Waals surface area contributed by atoms with Gasteiger partial charge < -0.3 is 5.32 Å². The van der Waals surface area contributed by atoms with Crippen molar-refractivity contribution in [3.8, 4) is 0 Å². The van der Waals surface area contributed by atoms with Gasteiger partial charge in [0.05, 0.1) is 0 Å². The molecule has 0 radical (unpaired) electrons. The quantitative estimate of drug-likeness (QED) is 0.750. The lowest BCUT2D eigenvalue weighted by molar-refractivity contribution is -0.132. The van der Waals surface area contributed by atoms with E-state index in [9.17, 15) is 14.4 Å². The molecule has 0 aliphatic carbocycles. The molecule has 0 aliphatic heterocycles. The van der Waals surface area contributed by atoms with Crippen LogP contribution < -0.4 is 10.6 Å². The maximum atomic E-state index is 11.9. The summed E-state index contributed by atoms with van der Waals surface area (Å²) in [6.07, 6.45) is 1.13. The molecule has 0 aromatic carbocycles. The van der Waals surface area contributed by atoms with Crippen molar-refractivity contribution in [1.82, 2.24) is 10.6 Å². The van der Waals surface area contributed by atoms with Crippen molar-refractivity contribution >= 4 is 17.7 Å². The molecule has 0 spiro atoms. The molecule has 0 saturated heterocycles. The summed E-state index contributed by atoms with van der Waals surface area (Å²) in [4.78, 5) is 34.2. The van der Waals surface area contributed by atoms with Crippen LogP contribution in [0.5, 0.6) is 0 Å². The third kappa shape index (κ3) is 6.37. The van der Waals surface area contributed by atoms with Gasteiger partial charge in [0.1, 0.15) is 0 Å². The number of nitrogens with one attached hydrogen (secondary N) is 2. The Morgan fingerprint density at radius 2 is 1.61 bits per heavy atom. The van der Waals surface area contributed by atoms with Crippen LogP contribution in [0.1, 0.15) is 47.5 Å². The SMILES string of the molecule is CCC(CC(C)C(=O)NC(C)=O)C(=O)NC(C)C. The first kappa shape index (κ1) is 16.6. The van der Waals surface area contributed by atoms with E-state index in [2.05, 4.69) is 10.6 Å². The molecular formula is C13H24N2O3. The number of carbonyl (C=O) groups excluding carboxylic acids is 3. The molecule has 2 atom stereocenters. The molecule has 2 unspecified atom stereocenters. The highest BCUT2D eigenvalue weighted by molar-refractivity contribution is 5.95. The Balaban J connectivity index is 4.39. The van der Waals surface area contributed by atoms with Crippen LogP contribution in [0.15, 0.2) is 0 Å². The van der Waals surface area contributed by atoms with Gasteiger partial charge in [-0.05, 0) is 26.7 Å². The summed E-state index contributed by atoms with van der Waals surface area (Å²) in [5, 5.41) is 5.08. The average molecular weight is 256 g/mol. The van der Waals surface area contributed by atoms with E-state index in [0.717, 1.165) is 0 Å². The van der Waals surface area contributed by atoms with E-state index < -0.39 is 0 Å². The van der Waals surface area contributed by atoms with Gasteiger partial charge >= 0.3 is 0 Å². The first-order chi connectivity index (χ1) is 8.27. The fourth-order valence-electron chi connectivity index (χ4n) is 1.69. The summed E-state index contributed by atoms with van der Waals surface area (Å²) in [5.41, 5.74) is 0. The number of hydrogen-bond donors (Lipinski definition) is 2. The van der Waals surface area contributed by atoms with Gasteiger partial charge in [-0.25, -0.2) is 0 Å². The number of amides is 3. The monoisotopic (exact) mass is 256 g/mol. The van der Waals surface area contributed by atoms with Gasteiger partial charge in [-0.3, -0.25) is 19.7 Å². The van der Waals surface area contributed by atoms with Gasteiger partial charge in [-0.15, -0.1) is 0 Å². The smallest absolute Gasteiger partial charge is 0.229 e. The zero-order chi connectivity index (χ0) is 14.3. The second-order valence-electron chi connectivity index (χ2n) is 4.95. The van der Waals surface area contributed by atoms with Crippen LogP contribution in [0.4, 0.5) is 0 Å². The van der Waals surface area contributed by atoms with Crippen LogP contribution in [0.25, 0.3) is 0 Å². The summed E-state index contributed by atoms with van der Waals surface area (Å²) in [6.45, 7) is 8.74. The summed E-state index contributed by atoms with van der Waals surface area (Å²) in [6, 6.07) is 0.0907. The zero-order valence-electron chi connectivity index (χ0n) is 11.9.